The van der Waals surface area contributed by atoms with Crippen LogP contribution in [0, 0.1) is 0 Å². The van der Waals surface area contributed by atoms with E-state index in [0.29, 0.717) is 25.2 Å². The molecule has 9 heteroatoms. The lowest BCUT2D eigenvalue weighted by molar-refractivity contribution is -0.127. The van der Waals surface area contributed by atoms with Gasteiger partial charge in [0.1, 0.15) is 6.04 Å². The summed E-state index contributed by atoms with van der Waals surface area (Å²) in [5.74, 6) is -0.228. The summed E-state index contributed by atoms with van der Waals surface area (Å²) in [5.41, 5.74) is 0.689. The van der Waals surface area contributed by atoms with Crippen LogP contribution in [0.5, 0.6) is 0 Å². The number of aromatic nitrogens is 5. The average molecular weight is 317 g/mol. The number of carbonyl (C=O) groups is 2. The lowest BCUT2D eigenvalue weighted by Crippen LogP contribution is -2.34. The van der Waals surface area contributed by atoms with Gasteiger partial charge in [-0.3, -0.25) is 9.69 Å². The van der Waals surface area contributed by atoms with Gasteiger partial charge >= 0.3 is 6.03 Å². The quantitative estimate of drug-likeness (QED) is 0.769. The lowest BCUT2D eigenvalue weighted by atomic mass is 10.1. The Balaban J connectivity index is 1.61. The van der Waals surface area contributed by atoms with E-state index in [1.165, 1.54) is 4.90 Å². The molecule has 2 aromatic rings. The second-order valence-corrected chi connectivity index (χ2v) is 5.78. The highest BCUT2D eigenvalue weighted by atomic mass is 16.2. The molecule has 1 fully saturated rings. The van der Waals surface area contributed by atoms with Crippen molar-refractivity contribution in [3.05, 3.63) is 30.6 Å². The van der Waals surface area contributed by atoms with Gasteiger partial charge in [-0.05, 0) is 13.8 Å². The second kappa shape index (κ2) is 6.19. The molecule has 3 amide bonds. The van der Waals surface area contributed by atoms with Crippen molar-refractivity contribution in [1.29, 1.82) is 0 Å². The molecule has 1 atom stereocenters. The number of nitrogens with one attached hydrogen (secondary N) is 1. The van der Waals surface area contributed by atoms with Crippen molar-refractivity contribution in [3.63, 3.8) is 0 Å². The first kappa shape index (κ1) is 15.2. The summed E-state index contributed by atoms with van der Waals surface area (Å²) < 4.78 is 3.55. The van der Waals surface area contributed by atoms with Crippen LogP contribution in [0.1, 0.15) is 25.6 Å². The largest absolute Gasteiger partial charge is 0.336 e. The summed E-state index contributed by atoms with van der Waals surface area (Å²) in [6, 6.07) is -0.740. The molecule has 9 nitrogen and oxygen atoms in total. The van der Waals surface area contributed by atoms with Gasteiger partial charge in [0.05, 0.1) is 12.0 Å². The number of amides is 3. The highest BCUT2D eigenvalue weighted by Crippen LogP contribution is 2.12. The van der Waals surface area contributed by atoms with Crippen molar-refractivity contribution in [2.75, 3.05) is 6.54 Å². The van der Waals surface area contributed by atoms with Crippen LogP contribution in [0.15, 0.2) is 24.9 Å². The van der Waals surface area contributed by atoms with Gasteiger partial charge < -0.3 is 9.88 Å². The smallest absolute Gasteiger partial charge is 0.324 e. The summed E-state index contributed by atoms with van der Waals surface area (Å²) in [7, 11) is 0. The number of hydrogen-bond donors (Lipinski definition) is 1. The molecule has 0 radical (unpaired) electrons. The molecule has 1 aliphatic heterocycles. The van der Waals surface area contributed by atoms with Gasteiger partial charge in [-0.1, -0.05) is 5.21 Å². The minimum Gasteiger partial charge on any atom is -0.336 e. The van der Waals surface area contributed by atoms with Gasteiger partial charge in [0.2, 0.25) is 0 Å². The van der Waals surface area contributed by atoms with Crippen LogP contribution >= 0.6 is 0 Å². The molecule has 2 aromatic heterocycles. The molecule has 1 aliphatic rings. The molecule has 0 bridgehead atoms. The lowest BCUT2D eigenvalue weighted by Gasteiger charge is -2.12. The minimum absolute atomic E-state index is 0.205. The van der Waals surface area contributed by atoms with E-state index in [-0.39, 0.29) is 18.0 Å². The standard InChI is InChI=1S/C14H19N7O2/c1-10(2)21-8-11(17-18-21)7-12-13(22)20(14(23)16-12)6-5-19-4-3-15-9-19/h3-4,8-10,12H,5-7H2,1-2H3,(H,16,23). The van der Waals surface area contributed by atoms with Crippen LogP contribution in [0.3, 0.4) is 0 Å². The predicted octanol–water partition coefficient (Wildman–Crippen LogP) is 0.219. The Kier molecular flexibility index (Phi) is 4.09. The van der Waals surface area contributed by atoms with Crippen LogP contribution < -0.4 is 5.32 Å². The Bertz CT molecular complexity index is 692. The number of carbonyl (C=O) groups excluding carboxylic acids is 2. The maximum Gasteiger partial charge on any atom is 0.324 e. The molecule has 0 saturated carbocycles. The van der Waals surface area contributed by atoms with Crippen molar-refractivity contribution >= 4 is 11.9 Å². The van der Waals surface area contributed by atoms with Crippen molar-refractivity contribution in [2.45, 2.75) is 38.9 Å². The molecule has 0 aromatic carbocycles. The molecule has 1 N–H and O–H groups in total. The normalized spacial score (nSPS) is 18.0. The maximum absolute atomic E-state index is 12.4. The fourth-order valence-corrected chi connectivity index (χ4v) is 2.43. The Morgan fingerprint density at radius 3 is 2.78 bits per heavy atom. The van der Waals surface area contributed by atoms with Crippen LogP contribution in [0.25, 0.3) is 0 Å². The first-order valence-electron chi connectivity index (χ1n) is 7.53. The maximum atomic E-state index is 12.4. The van der Waals surface area contributed by atoms with E-state index in [2.05, 4.69) is 20.6 Å². The summed E-state index contributed by atoms with van der Waals surface area (Å²) in [4.78, 5) is 29.5. The van der Waals surface area contributed by atoms with Crippen LogP contribution in [-0.4, -0.2) is 54.0 Å². The van der Waals surface area contributed by atoms with E-state index in [1.807, 2.05) is 18.4 Å². The Labute approximate surface area is 133 Å². The van der Waals surface area contributed by atoms with Crippen LogP contribution in [0.2, 0.25) is 0 Å². The number of rotatable bonds is 6. The first-order chi connectivity index (χ1) is 11.0. The zero-order chi connectivity index (χ0) is 16.4. The zero-order valence-corrected chi connectivity index (χ0v) is 13.1. The average Bonchev–Trinajstić information content (AvgIpc) is 3.21. The predicted molar refractivity (Wildman–Crippen MR) is 80.4 cm³/mol. The van der Waals surface area contributed by atoms with E-state index in [9.17, 15) is 9.59 Å². The highest BCUT2D eigenvalue weighted by Gasteiger charge is 2.38. The third-order valence-electron chi connectivity index (χ3n) is 3.75. The molecular weight excluding hydrogens is 298 g/mol. The summed E-state index contributed by atoms with van der Waals surface area (Å²) in [6.07, 6.45) is 7.25. The zero-order valence-electron chi connectivity index (χ0n) is 13.1. The molecule has 23 heavy (non-hydrogen) atoms. The molecule has 3 rings (SSSR count). The molecule has 0 aliphatic carbocycles. The number of urea groups is 1. The number of hydrogen-bond acceptors (Lipinski definition) is 5. The highest BCUT2D eigenvalue weighted by molar-refractivity contribution is 6.04. The molecule has 1 saturated heterocycles. The third kappa shape index (κ3) is 3.22. The van der Waals surface area contributed by atoms with Crippen molar-refractivity contribution in [1.82, 2.24) is 34.8 Å². The first-order valence-corrected chi connectivity index (χ1v) is 7.53. The van der Waals surface area contributed by atoms with Gasteiger partial charge in [0.15, 0.2) is 0 Å². The number of imide groups is 1. The summed E-state index contributed by atoms with van der Waals surface area (Å²) in [6.45, 7) is 4.84. The van der Waals surface area contributed by atoms with Gasteiger partial charge in [0, 0.05) is 44.1 Å². The minimum atomic E-state index is -0.581. The number of imidazole rings is 1. The third-order valence-corrected chi connectivity index (χ3v) is 3.75. The van der Waals surface area contributed by atoms with Crippen molar-refractivity contribution < 1.29 is 9.59 Å². The molecule has 0 spiro atoms. The molecule has 3 heterocycles. The topological polar surface area (TPSA) is 97.9 Å². The van der Waals surface area contributed by atoms with Crippen molar-refractivity contribution in [3.8, 4) is 0 Å². The fourth-order valence-electron chi connectivity index (χ4n) is 2.43. The monoisotopic (exact) mass is 317 g/mol. The van der Waals surface area contributed by atoms with Gasteiger partial charge in [-0.2, -0.15) is 0 Å². The van der Waals surface area contributed by atoms with Crippen LogP contribution in [0.4, 0.5) is 4.79 Å². The van der Waals surface area contributed by atoms with E-state index in [1.54, 1.807) is 29.6 Å². The summed E-state index contributed by atoms with van der Waals surface area (Å²) in [5, 5.41) is 10.8. The fraction of sp³-hybridized carbons (Fsp3) is 0.500. The van der Waals surface area contributed by atoms with Gasteiger partial charge in [0.25, 0.3) is 5.91 Å². The Morgan fingerprint density at radius 2 is 2.13 bits per heavy atom. The Hall–Kier alpha value is -2.71. The van der Waals surface area contributed by atoms with E-state index >= 15 is 0 Å². The van der Waals surface area contributed by atoms with E-state index < -0.39 is 6.04 Å². The van der Waals surface area contributed by atoms with Crippen LogP contribution in [-0.2, 0) is 17.8 Å². The molecule has 1 unspecified atom stereocenters. The Morgan fingerprint density at radius 1 is 1.30 bits per heavy atom. The molecule has 122 valence electrons. The van der Waals surface area contributed by atoms with Gasteiger partial charge in [-0.25, -0.2) is 14.5 Å². The van der Waals surface area contributed by atoms with E-state index in [4.69, 9.17) is 0 Å². The molecular formula is C14H19N7O2. The SMILES string of the molecule is CC(C)n1cc(CC2NC(=O)N(CCn3ccnc3)C2=O)nn1. The summed E-state index contributed by atoms with van der Waals surface area (Å²) >= 11 is 0. The second-order valence-electron chi connectivity index (χ2n) is 5.78. The van der Waals surface area contributed by atoms with Crippen molar-refractivity contribution in [2.24, 2.45) is 0 Å². The number of nitrogens with zero attached hydrogens (tertiary/aromatic N) is 6. The van der Waals surface area contributed by atoms with E-state index in [0.717, 1.165) is 0 Å². The van der Waals surface area contributed by atoms with Gasteiger partial charge in [-0.15, -0.1) is 5.10 Å².